The summed E-state index contributed by atoms with van der Waals surface area (Å²) in [5, 5.41) is 0. The number of hydrogen-bond acceptors (Lipinski definition) is 5. The molecular weight excluding hydrogens is 262 g/mol. The number of rotatable bonds is 15. The zero-order valence-electron chi connectivity index (χ0n) is 12.6. The summed E-state index contributed by atoms with van der Waals surface area (Å²) in [5.74, 6) is 2.15. The minimum atomic E-state index is 0.307. The standard InChI is InChI=1S/C14H31NO3S/c1-3-4-6-16-7-8-17-9-10-18-11-13-19-12-5-14(2)15/h14H,3-13,15H2,1-2H3. The van der Waals surface area contributed by atoms with Gasteiger partial charge in [-0.3, -0.25) is 0 Å². The van der Waals surface area contributed by atoms with Crippen LogP contribution in [0.25, 0.3) is 0 Å². The number of ether oxygens (including phenoxy) is 3. The molecule has 5 heteroatoms. The largest absolute Gasteiger partial charge is 0.379 e. The topological polar surface area (TPSA) is 53.7 Å². The molecule has 0 amide bonds. The monoisotopic (exact) mass is 293 g/mol. The molecule has 0 aliphatic rings. The summed E-state index contributed by atoms with van der Waals surface area (Å²) in [5.41, 5.74) is 5.67. The van der Waals surface area contributed by atoms with E-state index in [1.54, 1.807) is 0 Å². The molecule has 0 fully saturated rings. The fraction of sp³-hybridized carbons (Fsp3) is 1.00. The van der Waals surface area contributed by atoms with Crippen LogP contribution in [0.2, 0.25) is 0 Å². The van der Waals surface area contributed by atoms with Crippen molar-refractivity contribution < 1.29 is 14.2 Å². The third-order valence-electron chi connectivity index (χ3n) is 2.48. The summed E-state index contributed by atoms with van der Waals surface area (Å²) in [4.78, 5) is 0. The second-order valence-corrected chi connectivity index (χ2v) is 5.79. The summed E-state index contributed by atoms with van der Waals surface area (Å²) in [7, 11) is 0. The Labute approximate surface area is 122 Å². The average Bonchev–Trinajstić information content (AvgIpc) is 2.39. The quantitative estimate of drug-likeness (QED) is 0.470. The van der Waals surface area contributed by atoms with Crippen LogP contribution in [0.4, 0.5) is 0 Å². The third-order valence-corrected chi connectivity index (χ3v) is 3.46. The Morgan fingerprint density at radius 3 is 2.05 bits per heavy atom. The van der Waals surface area contributed by atoms with E-state index in [2.05, 4.69) is 6.92 Å². The van der Waals surface area contributed by atoms with E-state index in [1.807, 2.05) is 18.7 Å². The molecule has 0 aliphatic carbocycles. The van der Waals surface area contributed by atoms with Crippen LogP contribution in [0.1, 0.15) is 33.1 Å². The van der Waals surface area contributed by atoms with Crippen molar-refractivity contribution in [3.63, 3.8) is 0 Å². The predicted molar refractivity (Wildman–Crippen MR) is 83.0 cm³/mol. The van der Waals surface area contributed by atoms with Crippen LogP contribution in [0.3, 0.4) is 0 Å². The number of hydrogen-bond donors (Lipinski definition) is 1. The lowest BCUT2D eigenvalue weighted by atomic mass is 10.3. The van der Waals surface area contributed by atoms with E-state index in [9.17, 15) is 0 Å². The lowest BCUT2D eigenvalue weighted by molar-refractivity contribution is 0.0169. The average molecular weight is 293 g/mol. The predicted octanol–water partition coefficient (Wildman–Crippen LogP) is 2.31. The van der Waals surface area contributed by atoms with Gasteiger partial charge in [-0.05, 0) is 25.5 Å². The van der Waals surface area contributed by atoms with Gasteiger partial charge < -0.3 is 19.9 Å². The molecule has 116 valence electrons. The van der Waals surface area contributed by atoms with Gasteiger partial charge in [-0.15, -0.1) is 0 Å². The molecular formula is C14H31NO3S. The molecule has 0 saturated heterocycles. The van der Waals surface area contributed by atoms with Crippen molar-refractivity contribution in [3.8, 4) is 0 Å². The molecule has 0 bridgehead atoms. The first-order chi connectivity index (χ1) is 9.27. The first-order valence-electron chi connectivity index (χ1n) is 7.34. The molecule has 2 N–H and O–H groups in total. The van der Waals surface area contributed by atoms with Gasteiger partial charge in [0.05, 0.1) is 33.0 Å². The molecule has 0 rings (SSSR count). The van der Waals surface area contributed by atoms with Crippen molar-refractivity contribution in [2.75, 3.05) is 51.1 Å². The Bertz CT molecular complexity index is 171. The third kappa shape index (κ3) is 18.2. The second kappa shape index (κ2) is 16.2. The lowest BCUT2D eigenvalue weighted by Gasteiger charge is -2.07. The Balaban J connectivity index is 2.91. The maximum absolute atomic E-state index is 5.67. The van der Waals surface area contributed by atoms with Crippen molar-refractivity contribution in [2.45, 2.75) is 39.2 Å². The van der Waals surface area contributed by atoms with E-state index in [0.29, 0.717) is 32.5 Å². The van der Waals surface area contributed by atoms with Crippen LogP contribution in [0.15, 0.2) is 0 Å². The number of nitrogens with two attached hydrogens (primary N) is 1. The summed E-state index contributed by atoms with van der Waals surface area (Å²) in [6.07, 6.45) is 3.38. The van der Waals surface area contributed by atoms with Crippen molar-refractivity contribution in [3.05, 3.63) is 0 Å². The van der Waals surface area contributed by atoms with Crippen molar-refractivity contribution in [1.29, 1.82) is 0 Å². The Kier molecular flexibility index (Phi) is 16.4. The SMILES string of the molecule is CCCCOCCOCCOCCSCCC(C)N. The number of thioether (sulfide) groups is 1. The normalized spacial score (nSPS) is 12.8. The zero-order valence-corrected chi connectivity index (χ0v) is 13.4. The molecule has 0 saturated carbocycles. The van der Waals surface area contributed by atoms with Crippen LogP contribution in [-0.2, 0) is 14.2 Å². The fourth-order valence-electron chi connectivity index (χ4n) is 1.28. The van der Waals surface area contributed by atoms with E-state index in [1.165, 1.54) is 6.42 Å². The van der Waals surface area contributed by atoms with Crippen LogP contribution in [0.5, 0.6) is 0 Å². The Morgan fingerprint density at radius 1 is 0.895 bits per heavy atom. The Hall–Kier alpha value is 0.190. The summed E-state index contributed by atoms with van der Waals surface area (Å²) in [6.45, 7) is 8.51. The van der Waals surface area contributed by atoms with E-state index >= 15 is 0 Å². The van der Waals surface area contributed by atoms with E-state index in [4.69, 9.17) is 19.9 Å². The van der Waals surface area contributed by atoms with Gasteiger partial charge in [0.2, 0.25) is 0 Å². The van der Waals surface area contributed by atoms with Crippen LogP contribution >= 0.6 is 11.8 Å². The molecule has 19 heavy (non-hydrogen) atoms. The van der Waals surface area contributed by atoms with Gasteiger partial charge in [0.1, 0.15) is 0 Å². The lowest BCUT2D eigenvalue weighted by Crippen LogP contribution is -2.15. The molecule has 0 aliphatic heterocycles. The van der Waals surface area contributed by atoms with Crippen molar-refractivity contribution in [2.24, 2.45) is 5.73 Å². The van der Waals surface area contributed by atoms with Crippen molar-refractivity contribution in [1.82, 2.24) is 0 Å². The van der Waals surface area contributed by atoms with Gasteiger partial charge in [0.15, 0.2) is 0 Å². The van der Waals surface area contributed by atoms with E-state index in [0.717, 1.165) is 37.6 Å². The first-order valence-corrected chi connectivity index (χ1v) is 8.49. The van der Waals surface area contributed by atoms with Crippen LogP contribution in [0, 0.1) is 0 Å². The zero-order chi connectivity index (χ0) is 14.2. The maximum Gasteiger partial charge on any atom is 0.0701 e. The highest BCUT2D eigenvalue weighted by Crippen LogP contribution is 2.03. The van der Waals surface area contributed by atoms with Gasteiger partial charge in [0, 0.05) is 18.4 Å². The smallest absolute Gasteiger partial charge is 0.0701 e. The molecule has 1 unspecified atom stereocenters. The molecule has 0 heterocycles. The highest BCUT2D eigenvalue weighted by molar-refractivity contribution is 7.99. The Morgan fingerprint density at radius 2 is 1.47 bits per heavy atom. The van der Waals surface area contributed by atoms with Gasteiger partial charge in [-0.25, -0.2) is 0 Å². The molecule has 0 aromatic rings. The van der Waals surface area contributed by atoms with Crippen LogP contribution < -0.4 is 5.73 Å². The second-order valence-electron chi connectivity index (χ2n) is 4.57. The highest BCUT2D eigenvalue weighted by Gasteiger charge is 1.95. The van der Waals surface area contributed by atoms with Gasteiger partial charge in [0.25, 0.3) is 0 Å². The fourth-order valence-corrected chi connectivity index (χ4v) is 2.26. The summed E-state index contributed by atoms with van der Waals surface area (Å²) < 4.78 is 16.3. The molecule has 0 spiro atoms. The summed E-state index contributed by atoms with van der Waals surface area (Å²) >= 11 is 1.90. The van der Waals surface area contributed by atoms with E-state index in [-0.39, 0.29) is 0 Å². The first kappa shape index (κ1) is 19.2. The maximum atomic E-state index is 5.67. The minimum absolute atomic E-state index is 0.307. The molecule has 0 aromatic heterocycles. The molecule has 4 nitrogen and oxygen atoms in total. The van der Waals surface area contributed by atoms with Gasteiger partial charge >= 0.3 is 0 Å². The van der Waals surface area contributed by atoms with Crippen LogP contribution in [-0.4, -0.2) is 57.2 Å². The van der Waals surface area contributed by atoms with E-state index < -0.39 is 0 Å². The molecule has 1 atom stereocenters. The van der Waals surface area contributed by atoms with Gasteiger partial charge in [-0.1, -0.05) is 13.3 Å². The van der Waals surface area contributed by atoms with Gasteiger partial charge in [-0.2, -0.15) is 11.8 Å². The highest BCUT2D eigenvalue weighted by atomic mass is 32.2. The molecule has 0 aromatic carbocycles. The van der Waals surface area contributed by atoms with Crippen molar-refractivity contribution >= 4 is 11.8 Å². The number of unbranched alkanes of at least 4 members (excludes halogenated alkanes) is 1. The summed E-state index contributed by atoms with van der Waals surface area (Å²) in [6, 6.07) is 0.307. The molecule has 0 radical (unpaired) electrons. The minimum Gasteiger partial charge on any atom is -0.379 e.